The summed E-state index contributed by atoms with van der Waals surface area (Å²) in [6.45, 7) is 1.41. The van der Waals surface area contributed by atoms with Crippen molar-refractivity contribution in [1.82, 2.24) is 0 Å². The van der Waals surface area contributed by atoms with Crippen LogP contribution in [0.4, 0.5) is 13.2 Å². The molecule has 92 valence electrons. The molecule has 18 heavy (non-hydrogen) atoms. The zero-order chi connectivity index (χ0) is 13.3. The number of ketones is 1. The van der Waals surface area contributed by atoms with Crippen molar-refractivity contribution in [3.8, 4) is 11.1 Å². The van der Waals surface area contributed by atoms with Gasteiger partial charge in [-0.15, -0.1) is 0 Å². The van der Waals surface area contributed by atoms with Crippen LogP contribution in [0.5, 0.6) is 0 Å². The molecule has 0 N–H and O–H groups in total. The summed E-state index contributed by atoms with van der Waals surface area (Å²) in [6, 6.07) is 8.04. The molecule has 0 aliphatic carbocycles. The van der Waals surface area contributed by atoms with E-state index in [2.05, 4.69) is 0 Å². The van der Waals surface area contributed by atoms with Crippen LogP contribution < -0.4 is 0 Å². The van der Waals surface area contributed by atoms with Crippen molar-refractivity contribution in [3.05, 3.63) is 59.4 Å². The number of benzene rings is 2. The Morgan fingerprint density at radius 3 is 2.06 bits per heavy atom. The quantitative estimate of drug-likeness (QED) is 0.582. The molecule has 0 heterocycles. The molecule has 2 aromatic rings. The minimum Gasteiger partial charge on any atom is -0.295 e. The fourth-order valence-electron chi connectivity index (χ4n) is 1.63. The molecule has 0 saturated heterocycles. The largest absolute Gasteiger partial charge is 0.295 e. The van der Waals surface area contributed by atoms with Gasteiger partial charge in [0.05, 0.1) is 0 Å². The predicted molar refractivity (Wildman–Crippen MR) is 61.8 cm³/mol. The second-order valence-electron chi connectivity index (χ2n) is 3.86. The normalized spacial score (nSPS) is 10.4. The Kier molecular flexibility index (Phi) is 3.19. The molecular formula is C14H9F3O. The highest BCUT2D eigenvalue weighted by Gasteiger charge is 2.14. The molecule has 0 aliphatic rings. The van der Waals surface area contributed by atoms with Crippen LogP contribution in [-0.2, 0) is 0 Å². The Balaban J connectivity index is 2.49. The molecule has 1 nitrogen and oxygen atoms in total. The van der Waals surface area contributed by atoms with E-state index in [0.29, 0.717) is 11.1 Å². The monoisotopic (exact) mass is 250 g/mol. The first-order valence-corrected chi connectivity index (χ1v) is 5.25. The van der Waals surface area contributed by atoms with Gasteiger partial charge in [0.15, 0.2) is 23.2 Å². The number of halogens is 3. The highest BCUT2D eigenvalue weighted by Crippen LogP contribution is 2.26. The minimum absolute atomic E-state index is 0.0380. The Bertz CT molecular complexity index is 603. The van der Waals surface area contributed by atoms with Crippen LogP contribution in [0.1, 0.15) is 17.3 Å². The first-order chi connectivity index (χ1) is 8.50. The minimum atomic E-state index is -1.50. The Hall–Kier alpha value is -2.10. The van der Waals surface area contributed by atoms with E-state index in [9.17, 15) is 18.0 Å². The van der Waals surface area contributed by atoms with Crippen molar-refractivity contribution in [2.45, 2.75) is 6.92 Å². The van der Waals surface area contributed by atoms with Gasteiger partial charge in [-0.2, -0.15) is 0 Å². The molecule has 0 radical (unpaired) electrons. The third-order valence-electron chi connectivity index (χ3n) is 2.64. The fourth-order valence-corrected chi connectivity index (χ4v) is 1.63. The van der Waals surface area contributed by atoms with Crippen LogP contribution >= 0.6 is 0 Å². The molecule has 0 unspecified atom stereocenters. The summed E-state index contributed by atoms with van der Waals surface area (Å²) in [7, 11) is 0. The van der Waals surface area contributed by atoms with Crippen molar-refractivity contribution in [2.75, 3.05) is 0 Å². The van der Waals surface area contributed by atoms with Crippen LogP contribution in [0.25, 0.3) is 11.1 Å². The van der Waals surface area contributed by atoms with Crippen molar-refractivity contribution in [3.63, 3.8) is 0 Å². The molecule has 2 rings (SSSR count). The van der Waals surface area contributed by atoms with Gasteiger partial charge >= 0.3 is 0 Å². The number of rotatable bonds is 2. The lowest BCUT2D eigenvalue weighted by Gasteiger charge is -2.05. The van der Waals surface area contributed by atoms with E-state index in [1.54, 1.807) is 0 Å². The van der Waals surface area contributed by atoms with E-state index >= 15 is 0 Å². The molecule has 0 spiro atoms. The first kappa shape index (κ1) is 12.4. The van der Waals surface area contributed by atoms with Gasteiger partial charge in [-0.05, 0) is 24.6 Å². The molecule has 0 saturated carbocycles. The van der Waals surface area contributed by atoms with E-state index < -0.39 is 17.5 Å². The van der Waals surface area contributed by atoms with E-state index in [0.717, 1.165) is 12.1 Å². The first-order valence-electron chi connectivity index (χ1n) is 5.25. The highest BCUT2D eigenvalue weighted by molar-refractivity contribution is 5.94. The number of hydrogen-bond acceptors (Lipinski definition) is 1. The average molecular weight is 250 g/mol. The van der Waals surface area contributed by atoms with Gasteiger partial charge in [-0.25, -0.2) is 13.2 Å². The molecule has 0 amide bonds. The lowest BCUT2D eigenvalue weighted by atomic mass is 10.0. The lowest BCUT2D eigenvalue weighted by Crippen LogP contribution is -1.95. The summed E-state index contributed by atoms with van der Waals surface area (Å²) in [4.78, 5) is 11.1. The molecule has 0 aliphatic heterocycles. The molecule has 0 aromatic heterocycles. The van der Waals surface area contributed by atoms with Crippen LogP contribution in [0, 0.1) is 17.5 Å². The third kappa shape index (κ3) is 2.14. The fraction of sp³-hybridized carbons (Fsp3) is 0.0714. The Morgan fingerprint density at radius 2 is 1.50 bits per heavy atom. The van der Waals surface area contributed by atoms with Gasteiger partial charge in [0, 0.05) is 11.1 Å². The Labute approximate surface area is 102 Å². The van der Waals surface area contributed by atoms with Gasteiger partial charge in [-0.1, -0.05) is 24.3 Å². The zero-order valence-electron chi connectivity index (χ0n) is 9.51. The van der Waals surface area contributed by atoms with E-state index in [1.165, 1.54) is 31.2 Å². The summed E-state index contributed by atoms with van der Waals surface area (Å²) >= 11 is 0. The maximum atomic E-state index is 13.5. The topological polar surface area (TPSA) is 17.1 Å². The highest BCUT2D eigenvalue weighted by atomic mass is 19.2. The van der Waals surface area contributed by atoms with Crippen LogP contribution in [0.2, 0.25) is 0 Å². The summed E-state index contributed by atoms with van der Waals surface area (Å²) < 4.78 is 39.4. The smallest absolute Gasteiger partial charge is 0.195 e. The van der Waals surface area contributed by atoms with Crippen molar-refractivity contribution < 1.29 is 18.0 Å². The van der Waals surface area contributed by atoms with Crippen LogP contribution in [0.3, 0.4) is 0 Å². The standard InChI is InChI=1S/C14H9F3O/c1-8(18)9-2-4-10(5-3-9)11-6-7-12(15)14(17)13(11)16/h2-7H,1H3. The summed E-state index contributed by atoms with van der Waals surface area (Å²) in [5.74, 6) is -4.07. The van der Waals surface area contributed by atoms with Crippen molar-refractivity contribution >= 4 is 5.78 Å². The Morgan fingerprint density at radius 1 is 0.889 bits per heavy atom. The number of hydrogen-bond donors (Lipinski definition) is 0. The van der Waals surface area contributed by atoms with E-state index in [4.69, 9.17) is 0 Å². The second-order valence-corrected chi connectivity index (χ2v) is 3.86. The number of carbonyl (C=O) groups is 1. The van der Waals surface area contributed by atoms with Gasteiger partial charge in [0.25, 0.3) is 0 Å². The van der Waals surface area contributed by atoms with E-state index in [1.807, 2.05) is 0 Å². The average Bonchev–Trinajstić information content (AvgIpc) is 2.36. The summed E-state index contributed by atoms with van der Waals surface area (Å²) in [5.41, 5.74) is 0.821. The van der Waals surface area contributed by atoms with Gasteiger partial charge in [-0.3, -0.25) is 4.79 Å². The maximum Gasteiger partial charge on any atom is 0.195 e. The SMILES string of the molecule is CC(=O)c1ccc(-c2ccc(F)c(F)c2F)cc1. The van der Waals surface area contributed by atoms with Gasteiger partial charge < -0.3 is 0 Å². The summed E-state index contributed by atoms with van der Waals surface area (Å²) in [5, 5.41) is 0. The lowest BCUT2D eigenvalue weighted by molar-refractivity contribution is 0.101. The summed E-state index contributed by atoms with van der Waals surface area (Å²) in [6.07, 6.45) is 0. The predicted octanol–water partition coefficient (Wildman–Crippen LogP) is 3.97. The number of Topliss-reactive ketones (excluding diaryl/α,β-unsaturated/α-hetero) is 1. The third-order valence-corrected chi connectivity index (χ3v) is 2.64. The molecule has 4 heteroatoms. The van der Waals surface area contributed by atoms with Gasteiger partial charge in [0.2, 0.25) is 0 Å². The molecule has 0 fully saturated rings. The maximum absolute atomic E-state index is 13.5. The van der Waals surface area contributed by atoms with Crippen molar-refractivity contribution in [2.24, 2.45) is 0 Å². The zero-order valence-corrected chi connectivity index (χ0v) is 9.51. The molecule has 0 bridgehead atoms. The second kappa shape index (κ2) is 4.64. The van der Waals surface area contributed by atoms with Crippen LogP contribution in [-0.4, -0.2) is 5.78 Å². The number of carbonyl (C=O) groups excluding carboxylic acids is 1. The molecular weight excluding hydrogens is 241 g/mol. The molecule has 2 aromatic carbocycles. The van der Waals surface area contributed by atoms with Gasteiger partial charge in [0.1, 0.15) is 0 Å². The van der Waals surface area contributed by atoms with Crippen LogP contribution in [0.15, 0.2) is 36.4 Å². The van der Waals surface area contributed by atoms with Crippen molar-refractivity contribution in [1.29, 1.82) is 0 Å². The van der Waals surface area contributed by atoms with E-state index in [-0.39, 0.29) is 11.3 Å². The molecule has 0 atom stereocenters.